The summed E-state index contributed by atoms with van der Waals surface area (Å²) >= 11 is 2.06. The van der Waals surface area contributed by atoms with Crippen LogP contribution in [0.2, 0.25) is 0 Å². The maximum absolute atomic E-state index is 12.5. The van der Waals surface area contributed by atoms with E-state index in [0.29, 0.717) is 42.1 Å². The molecule has 47 heavy (non-hydrogen) atoms. The van der Waals surface area contributed by atoms with Crippen molar-refractivity contribution in [3.05, 3.63) is 41.2 Å². The van der Waals surface area contributed by atoms with Crippen LogP contribution in [0.4, 0.5) is 11.6 Å². The third kappa shape index (κ3) is 14.4. The number of anilines is 2. The number of aliphatic hydroxyl groups is 5. The number of aromatic nitrogens is 2. The van der Waals surface area contributed by atoms with Crippen molar-refractivity contribution >= 4 is 46.1 Å². The molecule has 1 heterocycles. The Morgan fingerprint density at radius 3 is 2.34 bits per heavy atom. The molecule has 0 spiro atoms. The van der Waals surface area contributed by atoms with Crippen LogP contribution >= 0.6 is 22.6 Å². The van der Waals surface area contributed by atoms with Gasteiger partial charge in [0.15, 0.2) is 17.5 Å². The monoisotopic (exact) mass is 774 g/mol. The number of nitrogens with zero attached hydrogens (tertiary/aromatic N) is 3. The number of hydrogen-bond acceptors (Lipinski definition) is 13. The second kappa shape index (κ2) is 21.9. The normalized spacial score (nSPS) is 14.0. The average Bonchev–Trinajstić information content (AvgIpc) is 3.05. The molecule has 15 nitrogen and oxygen atoms in total. The highest BCUT2D eigenvalue weighted by molar-refractivity contribution is 14.1. The van der Waals surface area contributed by atoms with Gasteiger partial charge in [0.25, 0.3) is 5.91 Å². The number of nitrogen functional groups attached to an aromatic ring is 2. The molecule has 1 aromatic heterocycles. The van der Waals surface area contributed by atoms with Crippen molar-refractivity contribution < 1.29 is 35.1 Å². The Morgan fingerprint density at radius 2 is 1.68 bits per heavy atom. The summed E-state index contributed by atoms with van der Waals surface area (Å²) in [6, 6.07) is 7.77. The zero-order chi connectivity index (χ0) is 34.8. The van der Waals surface area contributed by atoms with E-state index in [-0.39, 0.29) is 29.8 Å². The van der Waals surface area contributed by atoms with E-state index in [1.54, 1.807) is 0 Å². The second-order valence-electron chi connectivity index (χ2n) is 11.3. The van der Waals surface area contributed by atoms with Gasteiger partial charge in [-0.15, -0.1) is 0 Å². The first-order chi connectivity index (χ1) is 22.5. The summed E-state index contributed by atoms with van der Waals surface area (Å²) < 4.78 is 6.39. The first-order valence-electron chi connectivity index (χ1n) is 15.9. The fourth-order valence-electron chi connectivity index (χ4n) is 4.68. The zero-order valence-electron chi connectivity index (χ0n) is 26.9. The highest BCUT2D eigenvalue weighted by Gasteiger charge is 2.31. The number of benzene rings is 1. The molecule has 0 fully saturated rings. The first-order valence-corrected chi connectivity index (χ1v) is 17.4. The van der Waals surface area contributed by atoms with Crippen LogP contribution in [0.25, 0.3) is 0 Å². The standard InChI is InChI=1S/C31H51IN8O7/c1-2-3-4-7-14-40(18-23(42)26(44)27(45)24(43)19-41)15-16-47-21-11-9-20(10-12-21)8-5-6-13-36-31(35)39-30(46)25-29(34)38-28(33)22(17-32)37-25/h9-12,23-24,26-27,41-45H,2-8,13-19H2,1H3,(H4,33,34,38)(H3,35,36,39,46). The minimum Gasteiger partial charge on any atom is -0.492 e. The quantitative estimate of drug-likeness (QED) is 0.0258. The number of aryl methyl sites for hydroxylation is 1. The lowest BCUT2D eigenvalue weighted by molar-refractivity contribution is -0.119. The number of hydrogen-bond donors (Lipinski definition) is 10. The van der Waals surface area contributed by atoms with Crippen molar-refractivity contribution in [3.63, 3.8) is 0 Å². The number of aliphatic hydroxyl groups excluding tert-OH is 5. The first kappa shape index (κ1) is 40.3. The number of guanidine groups is 1. The van der Waals surface area contributed by atoms with Gasteiger partial charge >= 0.3 is 0 Å². The molecule has 0 saturated carbocycles. The molecule has 1 aromatic carbocycles. The van der Waals surface area contributed by atoms with Gasteiger partial charge in [0, 0.05) is 24.1 Å². The molecule has 0 saturated heterocycles. The number of ether oxygens (including phenoxy) is 1. The van der Waals surface area contributed by atoms with Crippen LogP contribution in [0.5, 0.6) is 5.75 Å². The molecule has 264 valence electrons. The molecule has 0 bridgehead atoms. The lowest BCUT2D eigenvalue weighted by Gasteiger charge is -2.30. The van der Waals surface area contributed by atoms with Crippen LogP contribution in [0, 0.1) is 5.41 Å². The van der Waals surface area contributed by atoms with Gasteiger partial charge in [-0.1, -0.05) is 60.9 Å². The van der Waals surface area contributed by atoms with E-state index in [0.717, 1.165) is 50.5 Å². The van der Waals surface area contributed by atoms with Crippen LogP contribution < -0.4 is 26.8 Å². The molecule has 16 heteroatoms. The Kier molecular flexibility index (Phi) is 18.8. The van der Waals surface area contributed by atoms with E-state index in [1.807, 2.05) is 29.2 Å². The predicted octanol–water partition coefficient (Wildman–Crippen LogP) is 0.550. The number of nitrogens with two attached hydrogens (primary N) is 2. The van der Waals surface area contributed by atoms with Crippen molar-refractivity contribution in [1.29, 1.82) is 5.41 Å². The molecule has 12 N–H and O–H groups in total. The van der Waals surface area contributed by atoms with E-state index >= 15 is 0 Å². The van der Waals surface area contributed by atoms with Crippen LogP contribution in [-0.4, -0.2) is 116 Å². The zero-order valence-corrected chi connectivity index (χ0v) is 29.1. The summed E-state index contributed by atoms with van der Waals surface area (Å²) in [7, 11) is 0. The molecule has 4 unspecified atom stereocenters. The molecule has 0 radical (unpaired) electrons. The van der Waals surface area contributed by atoms with E-state index in [9.17, 15) is 25.2 Å². The van der Waals surface area contributed by atoms with Gasteiger partial charge in [0.1, 0.15) is 36.5 Å². The van der Waals surface area contributed by atoms with Crippen LogP contribution in [0.15, 0.2) is 24.3 Å². The third-order valence-corrected chi connectivity index (χ3v) is 8.22. The van der Waals surface area contributed by atoms with Gasteiger partial charge < -0.3 is 47.1 Å². The maximum Gasteiger partial charge on any atom is 0.280 e. The van der Waals surface area contributed by atoms with Gasteiger partial charge in [0.2, 0.25) is 0 Å². The minimum atomic E-state index is -1.66. The van der Waals surface area contributed by atoms with Crippen molar-refractivity contribution in [2.45, 2.75) is 80.7 Å². The fraction of sp³-hybridized carbons (Fsp3) is 0.613. The number of unbranched alkanes of at least 4 members (excludes halogenated alkanes) is 4. The molecule has 0 aliphatic rings. The number of amides is 1. The highest BCUT2D eigenvalue weighted by atomic mass is 127. The van der Waals surface area contributed by atoms with Crippen LogP contribution in [0.1, 0.15) is 67.2 Å². The summed E-state index contributed by atoms with van der Waals surface area (Å²) in [5, 5.41) is 62.6. The summed E-state index contributed by atoms with van der Waals surface area (Å²) in [5.41, 5.74) is 13.0. The summed E-state index contributed by atoms with van der Waals surface area (Å²) in [4.78, 5) is 22.5. The SMILES string of the molecule is CCCCCCN(CCOc1ccc(CCCCNC(=N)NC(=O)c2nc(CI)c(N)nc2N)cc1)CC(O)C(O)C(O)C(O)CO. The molecule has 0 aliphatic heterocycles. The van der Waals surface area contributed by atoms with E-state index in [2.05, 4.69) is 50.1 Å². The molecule has 0 aliphatic carbocycles. The van der Waals surface area contributed by atoms with Gasteiger partial charge in [0.05, 0.1) is 18.4 Å². The van der Waals surface area contributed by atoms with Crippen molar-refractivity contribution in [2.24, 2.45) is 0 Å². The predicted molar refractivity (Wildman–Crippen MR) is 188 cm³/mol. The van der Waals surface area contributed by atoms with Crippen LogP contribution in [0.3, 0.4) is 0 Å². The topological polar surface area (TPSA) is 256 Å². The summed E-state index contributed by atoms with van der Waals surface area (Å²) in [6.07, 6.45) is 0.461. The van der Waals surface area contributed by atoms with Crippen molar-refractivity contribution in [3.8, 4) is 5.75 Å². The molecule has 1 amide bonds. The second-order valence-corrected chi connectivity index (χ2v) is 12.1. The molecule has 2 rings (SSSR count). The summed E-state index contributed by atoms with van der Waals surface area (Å²) in [6.45, 7) is 3.49. The molecule has 2 aromatic rings. The Hall–Kier alpha value is -2.87. The molecular weight excluding hydrogens is 723 g/mol. The van der Waals surface area contributed by atoms with Gasteiger partial charge in [-0.2, -0.15) is 0 Å². The third-order valence-electron chi connectivity index (χ3n) is 7.50. The fourth-order valence-corrected chi connectivity index (χ4v) is 5.25. The Morgan fingerprint density at radius 1 is 0.979 bits per heavy atom. The van der Waals surface area contributed by atoms with E-state index in [4.69, 9.17) is 26.7 Å². The number of alkyl halides is 1. The Bertz CT molecular complexity index is 1230. The number of halogens is 1. The Balaban J connectivity index is 1.73. The maximum atomic E-state index is 12.5. The molecule has 4 atom stereocenters. The average molecular weight is 775 g/mol. The lowest BCUT2D eigenvalue weighted by atomic mass is 10.0. The van der Waals surface area contributed by atoms with E-state index < -0.39 is 36.9 Å². The smallest absolute Gasteiger partial charge is 0.280 e. The van der Waals surface area contributed by atoms with Crippen molar-refractivity contribution in [1.82, 2.24) is 25.5 Å². The summed E-state index contributed by atoms with van der Waals surface area (Å²) in [5.74, 6) is -0.0140. The number of carbonyl (C=O) groups excluding carboxylic acids is 1. The van der Waals surface area contributed by atoms with Crippen LogP contribution in [-0.2, 0) is 10.8 Å². The van der Waals surface area contributed by atoms with Gasteiger partial charge in [-0.05, 0) is 49.9 Å². The number of nitrogens with one attached hydrogen (secondary N) is 3. The number of carbonyl (C=O) groups is 1. The van der Waals surface area contributed by atoms with Gasteiger partial charge in [-0.25, -0.2) is 9.97 Å². The highest BCUT2D eigenvalue weighted by Crippen LogP contribution is 2.16. The van der Waals surface area contributed by atoms with Gasteiger partial charge in [-0.3, -0.25) is 20.4 Å². The number of rotatable bonds is 22. The Labute approximate surface area is 289 Å². The molecular formula is C31H51IN8O7. The van der Waals surface area contributed by atoms with Crippen molar-refractivity contribution in [2.75, 3.05) is 50.9 Å². The lowest BCUT2D eigenvalue weighted by Crippen LogP contribution is -2.50. The van der Waals surface area contributed by atoms with E-state index in [1.165, 1.54) is 0 Å². The minimum absolute atomic E-state index is 0.0733. The largest absolute Gasteiger partial charge is 0.492 e.